The largest absolute Gasteiger partial charge is 0.365 e. The molecule has 4 rings (SSSR count). The van der Waals surface area contributed by atoms with Crippen LogP contribution in [0.3, 0.4) is 0 Å². The number of nitrogens with zero attached hydrogens (tertiary/aromatic N) is 4. The minimum Gasteiger partial charge on any atom is -0.365 e. The van der Waals surface area contributed by atoms with Crippen molar-refractivity contribution in [1.29, 1.82) is 0 Å². The van der Waals surface area contributed by atoms with Crippen LogP contribution in [0.1, 0.15) is 43.0 Å². The Morgan fingerprint density at radius 2 is 2.04 bits per heavy atom. The number of amides is 2. The Balaban J connectivity index is 1.39. The highest BCUT2D eigenvalue weighted by Crippen LogP contribution is 2.27. The van der Waals surface area contributed by atoms with Gasteiger partial charge >= 0.3 is 6.03 Å². The van der Waals surface area contributed by atoms with Gasteiger partial charge in [-0.3, -0.25) is 0 Å². The minimum atomic E-state index is -0.119. The molecule has 7 nitrogen and oxygen atoms in total. The molecule has 0 saturated carbocycles. The van der Waals surface area contributed by atoms with Gasteiger partial charge in [0.05, 0.1) is 17.4 Å². The highest BCUT2D eigenvalue weighted by molar-refractivity contribution is 5.75. The number of aromatic nitrogens is 3. The number of nitrogens with one attached hydrogen (secondary N) is 1. The van der Waals surface area contributed by atoms with Crippen LogP contribution in [0.5, 0.6) is 0 Å². The summed E-state index contributed by atoms with van der Waals surface area (Å²) in [4.78, 5) is 14.6. The molecule has 1 atom stereocenters. The van der Waals surface area contributed by atoms with E-state index in [2.05, 4.69) is 15.6 Å². The molecular weight excluding hydrogens is 342 g/mol. The lowest BCUT2D eigenvalue weighted by Crippen LogP contribution is -2.45. The van der Waals surface area contributed by atoms with Gasteiger partial charge in [0.1, 0.15) is 6.26 Å². The van der Waals surface area contributed by atoms with Crippen molar-refractivity contribution in [3.05, 3.63) is 66.3 Å². The molecule has 1 saturated heterocycles. The number of carbonyl (C=O) groups is 1. The molecule has 2 amide bonds. The lowest BCUT2D eigenvalue weighted by Gasteiger charge is -2.32. The minimum absolute atomic E-state index is 0.0311. The van der Waals surface area contributed by atoms with Crippen molar-refractivity contribution < 1.29 is 9.32 Å². The monoisotopic (exact) mass is 365 g/mol. The zero-order valence-electron chi connectivity index (χ0n) is 15.3. The van der Waals surface area contributed by atoms with Gasteiger partial charge in [0, 0.05) is 37.5 Å². The Bertz CT molecular complexity index is 868. The molecule has 1 aliphatic rings. The smallest absolute Gasteiger partial charge is 0.317 e. The van der Waals surface area contributed by atoms with Gasteiger partial charge in [0.25, 0.3) is 0 Å². The number of piperidine rings is 1. The fraction of sp³-hybridized carbons (Fsp3) is 0.350. The van der Waals surface area contributed by atoms with Crippen molar-refractivity contribution >= 4 is 6.03 Å². The summed E-state index contributed by atoms with van der Waals surface area (Å²) in [6.07, 6.45) is 7.06. The molecule has 0 aliphatic carbocycles. The third-order valence-electron chi connectivity index (χ3n) is 5.15. The van der Waals surface area contributed by atoms with E-state index < -0.39 is 0 Å². The van der Waals surface area contributed by atoms with Crippen LogP contribution in [0.25, 0.3) is 5.69 Å². The van der Waals surface area contributed by atoms with E-state index in [9.17, 15) is 4.79 Å². The van der Waals surface area contributed by atoms with Crippen LogP contribution < -0.4 is 5.32 Å². The zero-order chi connectivity index (χ0) is 18.6. The summed E-state index contributed by atoms with van der Waals surface area (Å²) >= 11 is 0. The fourth-order valence-electron chi connectivity index (χ4n) is 3.64. The van der Waals surface area contributed by atoms with E-state index in [4.69, 9.17) is 4.52 Å². The lowest BCUT2D eigenvalue weighted by atomic mass is 9.94. The van der Waals surface area contributed by atoms with Gasteiger partial charge < -0.3 is 14.7 Å². The number of carbonyl (C=O) groups excluding carboxylic acids is 1. The van der Waals surface area contributed by atoms with E-state index in [-0.39, 0.29) is 12.1 Å². The zero-order valence-corrected chi connectivity index (χ0v) is 15.3. The SMILES string of the molecule is CC(NC(=O)N1CCC(c2ccon2)CC1)c1ccccc1-n1cccn1. The van der Waals surface area contributed by atoms with Crippen LogP contribution in [-0.2, 0) is 0 Å². The number of urea groups is 1. The van der Waals surface area contributed by atoms with Crippen molar-refractivity contribution in [2.75, 3.05) is 13.1 Å². The Hall–Kier alpha value is -3.09. The molecule has 1 unspecified atom stereocenters. The third kappa shape index (κ3) is 3.72. The van der Waals surface area contributed by atoms with Crippen LogP contribution in [0, 0.1) is 0 Å². The highest BCUT2D eigenvalue weighted by atomic mass is 16.5. The Labute approximate surface area is 158 Å². The van der Waals surface area contributed by atoms with Crippen LogP contribution in [0.15, 0.2) is 59.6 Å². The predicted octanol–water partition coefficient (Wildman–Crippen LogP) is 3.51. The standard InChI is InChI=1S/C20H23N5O2/c1-15(17-5-2-3-6-19(17)25-11-4-10-21-25)22-20(26)24-12-7-16(8-13-24)18-9-14-27-23-18/h2-6,9-11,14-16H,7-8,12-13H2,1H3,(H,22,26). The third-order valence-corrected chi connectivity index (χ3v) is 5.15. The van der Waals surface area contributed by atoms with Crippen LogP contribution >= 0.6 is 0 Å². The first kappa shape index (κ1) is 17.3. The molecule has 140 valence electrons. The molecule has 0 radical (unpaired) electrons. The first-order valence-electron chi connectivity index (χ1n) is 9.27. The summed E-state index contributed by atoms with van der Waals surface area (Å²) in [5.74, 6) is 0.366. The van der Waals surface area contributed by atoms with Gasteiger partial charge in [-0.25, -0.2) is 9.48 Å². The fourth-order valence-corrected chi connectivity index (χ4v) is 3.64. The molecule has 0 spiro atoms. The second kappa shape index (κ2) is 7.65. The maximum atomic E-state index is 12.7. The maximum absolute atomic E-state index is 12.7. The molecule has 1 N–H and O–H groups in total. The van der Waals surface area contributed by atoms with Crippen molar-refractivity contribution in [2.24, 2.45) is 0 Å². The summed E-state index contributed by atoms with van der Waals surface area (Å²) in [7, 11) is 0. The first-order valence-corrected chi connectivity index (χ1v) is 9.27. The molecular formula is C20H23N5O2. The van der Waals surface area contributed by atoms with E-state index in [0.717, 1.165) is 42.9 Å². The Kier molecular flexibility index (Phi) is 4.91. The van der Waals surface area contributed by atoms with Crippen molar-refractivity contribution in [2.45, 2.75) is 31.7 Å². The first-order chi connectivity index (χ1) is 13.2. The van der Waals surface area contributed by atoms with E-state index in [1.807, 2.05) is 59.1 Å². The topological polar surface area (TPSA) is 76.2 Å². The van der Waals surface area contributed by atoms with Gasteiger partial charge in [-0.05, 0) is 37.5 Å². The number of benzene rings is 1. The molecule has 1 aromatic carbocycles. The van der Waals surface area contributed by atoms with Crippen LogP contribution in [-0.4, -0.2) is 39.0 Å². The highest BCUT2D eigenvalue weighted by Gasteiger charge is 2.26. The van der Waals surface area contributed by atoms with Gasteiger partial charge in [-0.1, -0.05) is 23.4 Å². The van der Waals surface area contributed by atoms with Gasteiger partial charge in [-0.15, -0.1) is 0 Å². The number of hydrogen-bond acceptors (Lipinski definition) is 4. The number of likely N-dealkylation sites (tertiary alicyclic amines) is 1. The number of rotatable bonds is 4. The van der Waals surface area contributed by atoms with Crippen molar-refractivity contribution in [3.63, 3.8) is 0 Å². The van der Waals surface area contributed by atoms with E-state index >= 15 is 0 Å². The molecule has 7 heteroatoms. The van der Waals surface area contributed by atoms with Crippen molar-refractivity contribution in [1.82, 2.24) is 25.2 Å². The average molecular weight is 365 g/mol. The van der Waals surface area contributed by atoms with Gasteiger partial charge in [0.2, 0.25) is 0 Å². The maximum Gasteiger partial charge on any atom is 0.317 e. The lowest BCUT2D eigenvalue weighted by molar-refractivity contribution is 0.177. The van der Waals surface area contributed by atoms with E-state index in [1.54, 1.807) is 12.5 Å². The van der Waals surface area contributed by atoms with Crippen LogP contribution in [0.2, 0.25) is 0 Å². The van der Waals surface area contributed by atoms with Crippen molar-refractivity contribution in [3.8, 4) is 5.69 Å². The summed E-state index contributed by atoms with van der Waals surface area (Å²) in [6.45, 7) is 3.44. The predicted molar refractivity (Wildman–Crippen MR) is 101 cm³/mol. The molecule has 3 heterocycles. The molecule has 0 bridgehead atoms. The quantitative estimate of drug-likeness (QED) is 0.768. The molecule has 27 heavy (non-hydrogen) atoms. The normalized spacial score (nSPS) is 16.3. The summed E-state index contributed by atoms with van der Waals surface area (Å²) in [5, 5.41) is 11.5. The average Bonchev–Trinajstić information content (AvgIpc) is 3.42. The van der Waals surface area contributed by atoms with Crippen LogP contribution in [0.4, 0.5) is 4.79 Å². The Morgan fingerprint density at radius 3 is 2.74 bits per heavy atom. The Morgan fingerprint density at radius 1 is 1.22 bits per heavy atom. The number of para-hydroxylation sites is 1. The number of hydrogen-bond donors (Lipinski definition) is 1. The molecule has 1 aliphatic heterocycles. The van der Waals surface area contributed by atoms with Gasteiger partial charge in [-0.2, -0.15) is 5.10 Å². The summed E-state index contributed by atoms with van der Waals surface area (Å²) in [5.41, 5.74) is 2.99. The molecule has 2 aromatic heterocycles. The summed E-state index contributed by atoms with van der Waals surface area (Å²) < 4.78 is 6.76. The second-order valence-corrected chi connectivity index (χ2v) is 6.87. The van der Waals surface area contributed by atoms with E-state index in [1.165, 1.54) is 0 Å². The van der Waals surface area contributed by atoms with E-state index in [0.29, 0.717) is 5.92 Å². The summed E-state index contributed by atoms with van der Waals surface area (Å²) in [6, 6.07) is 11.6. The molecule has 1 fully saturated rings. The van der Waals surface area contributed by atoms with Gasteiger partial charge in [0.15, 0.2) is 0 Å². The molecule has 3 aromatic rings. The second-order valence-electron chi connectivity index (χ2n) is 6.87.